The van der Waals surface area contributed by atoms with Gasteiger partial charge in [0.25, 0.3) is 0 Å². The Morgan fingerprint density at radius 3 is 2.79 bits per heavy atom. The SMILES string of the molecule is CC1=C2CC3C(CC=C4CCCCC43C)C2CCC1C(C)C1CCC(C)CN1. The molecule has 0 aromatic rings. The molecule has 0 amide bonds. The maximum Gasteiger partial charge on any atom is 0.00986 e. The van der Waals surface area contributed by atoms with E-state index in [9.17, 15) is 0 Å². The van der Waals surface area contributed by atoms with E-state index >= 15 is 0 Å². The summed E-state index contributed by atoms with van der Waals surface area (Å²) in [6, 6.07) is 0.751. The Hall–Kier alpha value is -0.560. The molecule has 3 fully saturated rings. The lowest BCUT2D eigenvalue weighted by atomic mass is 9.57. The highest BCUT2D eigenvalue weighted by atomic mass is 14.9. The number of hydrogen-bond acceptors (Lipinski definition) is 1. The van der Waals surface area contributed by atoms with Crippen molar-refractivity contribution < 1.29 is 0 Å². The molecule has 1 heterocycles. The van der Waals surface area contributed by atoms with Crippen LogP contribution in [0.25, 0.3) is 0 Å². The molecule has 156 valence electrons. The van der Waals surface area contributed by atoms with E-state index in [-0.39, 0.29) is 0 Å². The minimum Gasteiger partial charge on any atom is -0.313 e. The van der Waals surface area contributed by atoms with Crippen LogP contribution in [0.1, 0.15) is 91.9 Å². The molecule has 1 N–H and O–H groups in total. The average Bonchev–Trinajstić information content (AvgIpc) is 3.09. The van der Waals surface area contributed by atoms with E-state index in [0.717, 1.165) is 41.5 Å². The topological polar surface area (TPSA) is 12.0 Å². The molecule has 0 aromatic heterocycles. The van der Waals surface area contributed by atoms with Crippen LogP contribution in [-0.4, -0.2) is 12.6 Å². The molecule has 0 radical (unpaired) electrons. The van der Waals surface area contributed by atoms with E-state index in [4.69, 9.17) is 0 Å². The fraction of sp³-hybridized carbons (Fsp3) is 0.852. The van der Waals surface area contributed by atoms with E-state index in [1.807, 2.05) is 16.7 Å². The summed E-state index contributed by atoms with van der Waals surface area (Å²) in [5.41, 5.74) is 6.15. The predicted octanol–water partition coefficient (Wildman–Crippen LogP) is 6.90. The van der Waals surface area contributed by atoms with Crippen molar-refractivity contribution >= 4 is 0 Å². The first-order valence-electron chi connectivity index (χ1n) is 12.6. The van der Waals surface area contributed by atoms with Gasteiger partial charge >= 0.3 is 0 Å². The maximum atomic E-state index is 3.91. The predicted molar refractivity (Wildman–Crippen MR) is 119 cm³/mol. The van der Waals surface area contributed by atoms with Gasteiger partial charge < -0.3 is 5.32 Å². The van der Waals surface area contributed by atoms with Crippen LogP contribution < -0.4 is 5.32 Å². The van der Waals surface area contributed by atoms with Gasteiger partial charge in [0, 0.05) is 6.04 Å². The van der Waals surface area contributed by atoms with Crippen LogP contribution in [0.15, 0.2) is 22.8 Å². The number of hydrogen-bond donors (Lipinski definition) is 1. The van der Waals surface area contributed by atoms with E-state index in [0.29, 0.717) is 5.41 Å². The van der Waals surface area contributed by atoms with Gasteiger partial charge in [0.1, 0.15) is 0 Å². The second-order valence-electron chi connectivity index (χ2n) is 11.6. The van der Waals surface area contributed by atoms with Crippen molar-refractivity contribution in [2.45, 2.75) is 97.9 Å². The second kappa shape index (κ2) is 7.29. The minimum atomic E-state index is 0.536. The molecule has 1 nitrogen and oxygen atoms in total. The highest BCUT2D eigenvalue weighted by Gasteiger charge is 2.53. The van der Waals surface area contributed by atoms with Crippen LogP contribution in [0.4, 0.5) is 0 Å². The standard InChI is InChI=1S/C27H43N/c1-17-8-13-26(28-16-17)19(3)21-11-12-22-23-10-9-20-7-5-6-14-27(20,4)25(23)15-24(22)18(21)2/h9,17,19,21-23,25-26,28H,5-8,10-16H2,1-4H3. The van der Waals surface area contributed by atoms with E-state index < -0.39 is 0 Å². The number of piperidine rings is 1. The molecule has 5 rings (SSSR count). The number of nitrogens with one attached hydrogen (secondary N) is 1. The van der Waals surface area contributed by atoms with Gasteiger partial charge in [-0.25, -0.2) is 0 Å². The lowest BCUT2D eigenvalue weighted by Gasteiger charge is -2.48. The summed E-state index contributed by atoms with van der Waals surface area (Å²) in [6.45, 7) is 11.4. The van der Waals surface area contributed by atoms with Gasteiger partial charge in [-0.2, -0.15) is 0 Å². The summed E-state index contributed by atoms with van der Waals surface area (Å²) in [4.78, 5) is 0. The Morgan fingerprint density at radius 1 is 1.14 bits per heavy atom. The third kappa shape index (κ3) is 2.98. The molecule has 8 atom stereocenters. The van der Waals surface area contributed by atoms with Crippen LogP contribution in [0.5, 0.6) is 0 Å². The lowest BCUT2D eigenvalue weighted by molar-refractivity contribution is 0.110. The van der Waals surface area contributed by atoms with Crippen molar-refractivity contribution in [2.75, 3.05) is 6.54 Å². The summed E-state index contributed by atoms with van der Waals surface area (Å²) in [5, 5.41) is 3.91. The zero-order chi connectivity index (χ0) is 19.5. The highest BCUT2D eigenvalue weighted by Crippen LogP contribution is 2.63. The van der Waals surface area contributed by atoms with Crippen molar-refractivity contribution in [1.29, 1.82) is 0 Å². The third-order valence-electron chi connectivity index (χ3n) is 10.3. The van der Waals surface area contributed by atoms with Crippen LogP contribution in [0.3, 0.4) is 0 Å². The molecular weight excluding hydrogens is 338 g/mol. The van der Waals surface area contributed by atoms with E-state index in [1.54, 1.807) is 0 Å². The van der Waals surface area contributed by atoms with Crippen molar-refractivity contribution in [1.82, 2.24) is 5.32 Å². The third-order valence-corrected chi connectivity index (χ3v) is 10.3. The first-order chi connectivity index (χ1) is 13.5. The van der Waals surface area contributed by atoms with Gasteiger partial charge in [0.15, 0.2) is 0 Å². The fourth-order valence-electron chi connectivity index (χ4n) is 8.46. The largest absolute Gasteiger partial charge is 0.313 e. The van der Waals surface area contributed by atoms with Gasteiger partial charge in [-0.05, 0) is 112 Å². The molecule has 1 aliphatic heterocycles. The van der Waals surface area contributed by atoms with Crippen molar-refractivity contribution in [2.24, 2.45) is 40.9 Å². The van der Waals surface area contributed by atoms with Crippen LogP contribution in [-0.2, 0) is 0 Å². The van der Waals surface area contributed by atoms with Gasteiger partial charge in [-0.3, -0.25) is 0 Å². The van der Waals surface area contributed by atoms with Gasteiger partial charge in [0.2, 0.25) is 0 Å². The fourth-order valence-corrected chi connectivity index (χ4v) is 8.46. The molecule has 0 aromatic carbocycles. The first-order valence-corrected chi connectivity index (χ1v) is 12.6. The summed E-state index contributed by atoms with van der Waals surface area (Å²) in [5.74, 6) is 5.34. The summed E-state index contributed by atoms with van der Waals surface area (Å²) in [6.07, 6.45) is 17.0. The zero-order valence-electron chi connectivity index (χ0n) is 18.9. The first kappa shape index (κ1) is 19.4. The molecule has 0 bridgehead atoms. The Balaban J connectivity index is 1.38. The Morgan fingerprint density at radius 2 is 2.00 bits per heavy atom. The smallest absolute Gasteiger partial charge is 0.00986 e. The quantitative estimate of drug-likeness (QED) is 0.513. The maximum absolute atomic E-state index is 3.91. The number of rotatable bonds is 2. The molecule has 28 heavy (non-hydrogen) atoms. The van der Waals surface area contributed by atoms with Gasteiger partial charge in [-0.1, -0.05) is 50.0 Å². The van der Waals surface area contributed by atoms with Crippen molar-refractivity contribution in [3.63, 3.8) is 0 Å². The highest BCUT2D eigenvalue weighted by molar-refractivity contribution is 5.33. The van der Waals surface area contributed by atoms with Crippen LogP contribution in [0.2, 0.25) is 0 Å². The molecule has 4 aliphatic carbocycles. The van der Waals surface area contributed by atoms with E-state index in [1.165, 1.54) is 70.8 Å². The number of allylic oxidation sites excluding steroid dienone is 4. The van der Waals surface area contributed by atoms with Crippen LogP contribution in [0, 0.1) is 40.9 Å². The molecule has 1 saturated heterocycles. The molecule has 1 heteroatoms. The summed E-state index contributed by atoms with van der Waals surface area (Å²) >= 11 is 0. The number of fused-ring (bicyclic) bond motifs is 5. The van der Waals surface area contributed by atoms with Crippen molar-refractivity contribution in [3.8, 4) is 0 Å². The normalized spacial score (nSPS) is 47.1. The summed E-state index contributed by atoms with van der Waals surface area (Å²) in [7, 11) is 0. The molecule has 0 spiro atoms. The zero-order valence-corrected chi connectivity index (χ0v) is 18.9. The van der Waals surface area contributed by atoms with Gasteiger partial charge in [-0.15, -0.1) is 0 Å². The molecule has 2 saturated carbocycles. The Labute approximate surface area is 173 Å². The Kier molecular flexibility index (Phi) is 5.05. The monoisotopic (exact) mass is 381 g/mol. The summed E-state index contributed by atoms with van der Waals surface area (Å²) < 4.78 is 0. The molecule has 5 aliphatic rings. The lowest BCUT2D eigenvalue weighted by Crippen LogP contribution is -2.45. The molecule has 8 unspecified atom stereocenters. The van der Waals surface area contributed by atoms with Crippen LogP contribution >= 0.6 is 0 Å². The Bertz CT molecular complexity index is 664. The van der Waals surface area contributed by atoms with Gasteiger partial charge in [0.05, 0.1) is 0 Å². The minimum absolute atomic E-state index is 0.536. The van der Waals surface area contributed by atoms with Crippen molar-refractivity contribution in [3.05, 3.63) is 22.8 Å². The average molecular weight is 382 g/mol. The second-order valence-corrected chi connectivity index (χ2v) is 11.6. The van der Waals surface area contributed by atoms with E-state index in [2.05, 4.69) is 39.1 Å². The molecular formula is C27H43N.